The fraction of sp³-hybridized carbons (Fsp3) is 0. The van der Waals surface area contributed by atoms with E-state index < -0.39 is 5.97 Å². The van der Waals surface area contributed by atoms with Crippen molar-refractivity contribution >= 4 is 11.7 Å². The first kappa shape index (κ1) is 5.83. The molecule has 11 heavy (non-hydrogen) atoms. The number of carbonyl (C=O) groups is 1. The molecule has 2 heterocycles. The van der Waals surface area contributed by atoms with Crippen molar-refractivity contribution in [1.82, 2.24) is 25.0 Å². The number of aromatic carboxylic acids is 1. The molecule has 0 aliphatic rings. The maximum absolute atomic E-state index is 10.4. The zero-order valence-electron chi connectivity index (χ0n) is 5.22. The van der Waals surface area contributed by atoms with Crippen LogP contribution in [0.5, 0.6) is 0 Å². The molecule has 0 radical (unpaired) electrons. The number of carboxylic acid groups (broad SMARTS) is 1. The highest BCUT2D eigenvalue weighted by Crippen LogP contribution is 1.99. The van der Waals surface area contributed by atoms with Gasteiger partial charge in [-0.15, -0.1) is 0 Å². The third-order valence-corrected chi connectivity index (χ3v) is 1.25. The van der Waals surface area contributed by atoms with Gasteiger partial charge in [-0.3, -0.25) is 0 Å². The Labute approximate surface area is 59.6 Å². The number of H-pyrrole nitrogens is 1. The second kappa shape index (κ2) is 1.78. The van der Waals surface area contributed by atoms with Gasteiger partial charge in [0.2, 0.25) is 0 Å². The van der Waals surface area contributed by atoms with Gasteiger partial charge in [0.15, 0.2) is 5.69 Å². The molecule has 0 bridgehead atoms. The topological polar surface area (TPSA) is 96.2 Å². The van der Waals surface area contributed by atoms with Crippen LogP contribution in [0, 0.1) is 0 Å². The second-order valence-electron chi connectivity index (χ2n) is 1.88. The zero-order chi connectivity index (χ0) is 7.84. The number of fused-ring (bicyclic) bond motifs is 1. The molecule has 2 aromatic rings. The third kappa shape index (κ3) is 0.672. The van der Waals surface area contributed by atoms with Crippen LogP contribution in [0.3, 0.4) is 0 Å². The molecule has 0 aliphatic heterocycles. The van der Waals surface area contributed by atoms with Crippen molar-refractivity contribution in [3.63, 3.8) is 0 Å². The van der Waals surface area contributed by atoms with Gasteiger partial charge in [-0.2, -0.15) is 9.73 Å². The van der Waals surface area contributed by atoms with E-state index in [2.05, 4.69) is 20.5 Å². The van der Waals surface area contributed by atoms with Crippen LogP contribution in [0.15, 0.2) is 6.20 Å². The van der Waals surface area contributed by atoms with Gasteiger partial charge in [0.25, 0.3) is 5.78 Å². The Morgan fingerprint density at radius 3 is 3.27 bits per heavy atom. The van der Waals surface area contributed by atoms with Gasteiger partial charge in [0, 0.05) is 0 Å². The molecule has 0 aliphatic carbocycles. The number of imidazole rings is 1. The first-order valence-corrected chi connectivity index (χ1v) is 2.77. The number of tetrazole rings is 1. The van der Waals surface area contributed by atoms with Crippen molar-refractivity contribution in [3.8, 4) is 0 Å². The minimum absolute atomic E-state index is 0.0185. The molecule has 56 valence electrons. The molecule has 0 aromatic carbocycles. The van der Waals surface area contributed by atoms with Crippen LogP contribution in [-0.2, 0) is 0 Å². The van der Waals surface area contributed by atoms with Crippen LogP contribution < -0.4 is 0 Å². The minimum atomic E-state index is -1.07. The average Bonchev–Trinajstić information content (AvgIpc) is 2.41. The summed E-state index contributed by atoms with van der Waals surface area (Å²) in [6.07, 6.45) is 1.21. The number of nitrogens with one attached hydrogen (secondary N) is 1. The van der Waals surface area contributed by atoms with Crippen LogP contribution >= 0.6 is 0 Å². The lowest BCUT2D eigenvalue weighted by atomic mass is 10.5. The molecule has 2 N–H and O–H groups in total. The van der Waals surface area contributed by atoms with Crippen molar-refractivity contribution < 1.29 is 9.90 Å². The summed E-state index contributed by atoms with van der Waals surface area (Å²) < 4.78 is 1.18. The van der Waals surface area contributed by atoms with E-state index in [1.165, 1.54) is 10.7 Å². The summed E-state index contributed by atoms with van der Waals surface area (Å²) in [7, 11) is 0. The highest BCUT2D eigenvalue weighted by atomic mass is 16.4. The van der Waals surface area contributed by atoms with E-state index in [-0.39, 0.29) is 11.5 Å². The molecule has 2 rings (SSSR count). The van der Waals surface area contributed by atoms with Gasteiger partial charge in [-0.05, 0) is 5.21 Å². The third-order valence-electron chi connectivity index (χ3n) is 1.25. The average molecular weight is 153 g/mol. The molecule has 0 atom stereocenters. The fourth-order valence-electron chi connectivity index (χ4n) is 0.774. The molecular formula is C4H3N5O2. The molecule has 2 aromatic heterocycles. The van der Waals surface area contributed by atoms with E-state index in [1.54, 1.807) is 0 Å². The molecule has 7 heteroatoms. The smallest absolute Gasteiger partial charge is 0.356 e. The summed E-state index contributed by atoms with van der Waals surface area (Å²) in [5.41, 5.74) is 0.0185. The van der Waals surface area contributed by atoms with Crippen molar-refractivity contribution in [2.24, 2.45) is 0 Å². The number of carboxylic acids is 1. The predicted octanol–water partition coefficient (Wildman–Crippen LogP) is -0.849. The Bertz CT molecular complexity index is 401. The van der Waals surface area contributed by atoms with Gasteiger partial charge in [-0.25, -0.2) is 9.78 Å². The molecule has 0 unspecified atom stereocenters. The molecule has 0 saturated heterocycles. The summed E-state index contributed by atoms with van der Waals surface area (Å²) >= 11 is 0. The zero-order valence-corrected chi connectivity index (χ0v) is 5.22. The summed E-state index contributed by atoms with van der Waals surface area (Å²) in [5, 5.41) is 17.8. The number of aromatic amines is 1. The molecular weight excluding hydrogens is 150 g/mol. The van der Waals surface area contributed by atoms with Crippen molar-refractivity contribution in [1.29, 1.82) is 0 Å². The van der Waals surface area contributed by atoms with Crippen LogP contribution in [0.25, 0.3) is 5.78 Å². The highest BCUT2D eigenvalue weighted by Gasteiger charge is 2.11. The number of rotatable bonds is 1. The lowest BCUT2D eigenvalue weighted by molar-refractivity contribution is 0.0688. The number of hydrogen-bond donors (Lipinski definition) is 2. The minimum Gasteiger partial charge on any atom is -0.476 e. The van der Waals surface area contributed by atoms with Crippen molar-refractivity contribution in [2.75, 3.05) is 0 Å². The van der Waals surface area contributed by atoms with E-state index in [0.717, 1.165) is 0 Å². The molecule has 7 nitrogen and oxygen atoms in total. The van der Waals surface area contributed by atoms with Crippen LogP contribution in [0.4, 0.5) is 0 Å². The van der Waals surface area contributed by atoms with Crippen molar-refractivity contribution in [3.05, 3.63) is 11.9 Å². The number of aromatic nitrogens is 5. The van der Waals surface area contributed by atoms with Gasteiger partial charge < -0.3 is 5.11 Å². The van der Waals surface area contributed by atoms with Crippen LogP contribution in [-0.4, -0.2) is 36.1 Å². The lowest BCUT2D eigenvalue weighted by Crippen LogP contribution is -2.01. The molecule has 0 amide bonds. The Balaban J connectivity index is 2.78. The number of hydrogen-bond acceptors (Lipinski definition) is 4. The molecule has 0 spiro atoms. The quantitative estimate of drug-likeness (QED) is 0.556. The van der Waals surface area contributed by atoms with Gasteiger partial charge in [0.05, 0.1) is 6.20 Å². The van der Waals surface area contributed by atoms with Gasteiger partial charge in [-0.1, -0.05) is 5.10 Å². The van der Waals surface area contributed by atoms with E-state index in [0.29, 0.717) is 0 Å². The van der Waals surface area contributed by atoms with Crippen LogP contribution in [0.2, 0.25) is 0 Å². The summed E-state index contributed by atoms with van der Waals surface area (Å²) in [4.78, 5) is 14.1. The van der Waals surface area contributed by atoms with E-state index in [4.69, 9.17) is 5.11 Å². The van der Waals surface area contributed by atoms with Gasteiger partial charge >= 0.3 is 5.97 Å². The Hall–Kier alpha value is -1.92. The monoisotopic (exact) mass is 153 g/mol. The van der Waals surface area contributed by atoms with Crippen LogP contribution in [0.1, 0.15) is 10.5 Å². The Morgan fingerprint density at radius 2 is 2.55 bits per heavy atom. The van der Waals surface area contributed by atoms with E-state index >= 15 is 0 Å². The summed E-state index contributed by atoms with van der Waals surface area (Å²) in [6.45, 7) is 0. The largest absolute Gasteiger partial charge is 0.476 e. The normalized spacial score (nSPS) is 10.5. The van der Waals surface area contributed by atoms with E-state index in [9.17, 15) is 4.79 Å². The summed E-state index contributed by atoms with van der Waals surface area (Å²) in [5.74, 6) is -0.814. The SMILES string of the molecule is O=C(O)c1cnc2nn[nH]n12. The maximum Gasteiger partial charge on any atom is 0.356 e. The number of nitrogens with zero attached hydrogens (tertiary/aromatic N) is 4. The second-order valence-corrected chi connectivity index (χ2v) is 1.88. The first-order valence-electron chi connectivity index (χ1n) is 2.77. The summed E-state index contributed by atoms with van der Waals surface area (Å²) in [6, 6.07) is 0. The fourth-order valence-corrected chi connectivity index (χ4v) is 0.774. The maximum atomic E-state index is 10.4. The standard InChI is InChI=1S/C4H3N5O2/c10-3(11)2-1-5-4-6-7-8-9(2)4/h1H,(H,10,11)(H,5,6,8). The van der Waals surface area contributed by atoms with Gasteiger partial charge in [0.1, 0.15) is 0 Å². The first-order chi connectivity index (χ1) is 5.29. The van der Waals surface area contributed by atoms with Crippen molar-refractivity contribution in [2.45, 2.75) is 0 Å². The molecule has 0 saturated carbocycles. The molecule has 0 fully saturated rings. The lowest BCUT2D eigenvalue weighted by Gasteiger charge is -1.85. The Kier molecular flexibility index (Phi) is 0.945. The van der Waals surface area contributed by atoms with E-state index in [1.807, 2.05) is 0 Å². The Morgan fingerprint density at radius 1 is 1.73 bits per heavy atom. The highest BCUT2D eigenvalue weighted by molar-refractivity contribution is 5.86. The predicted molar refractivity (Wildman–Crippen MR) is 32.1 cm³/mol.